The maximum atomic E-state index is 11.2. The van der Waals surface area contributed by atoms with Gasteiger partial charge in [-0.2, -0.15) is 0 Å². The van der Waals surface area contributed by atoms with Gasteiger partial charge in [-0.15, -0.1) is 0 Å². The molecule has 2 heterocycles. The fourth-order valence-electron chi connectivity index (χ4n) is 4.88. The fourth-order valence-corrected chi connectivity index (χ4v) is 4.88. The van der Waals surface area contributed by atoms with Crippen LogP contribution in [0.15, 0.2) is 48.5 Å². The predicted molar refractivity (Wildman–Crippen MR) is 134 cm³/mol. The highest BCUT2D eigenvalue weighted by atomic mass is 16.7. The minimum Gasteiger partial charge on any atom is -0.457 e. The van der Waals surface area contributed by atoms with E-state index in [0.29, 0.717) is 23.6 Å². The maximum Gasteiger partial charge on any atom is 0.187 e. The van der Waals surface area contributed by atoms with Crippen molar-refractivity contribution in [3.8, 4) is 11.5 Å². The second kappa shape index (κ2) is 12.8. The van der Waals surface area contributed by atoms with Gasteiger partial charge in [0.1, 0.15) is 48.1 Å². The van der Waals surface area contributed by atoms with E-state index < -0.39 is 74.3 Å². The SMILES string of the molecule is CNCc1cccc(Oc2cccc(C3OC(CO)C(O)C(OC4OC(CO)C(C)C(O)C4O)C3O)c2)c1. The summed E-state index contributed by atoms with van der Waals surface area (Å²) in [5.41, 5.74) is 1.55. The Labute approximate surface area is 221 Å². The van der Waals surface area contributed by atoms with Crippen molar-refractivity contribution >= 4 is 0 Å². The summed E-state index contributed by atoms with van der Waals surface area (Å²) in [5, 5.41) is 65.4. The van der Waals surface area contributed by atoms with E-state index in [9.17, 15) is 30.6 Å². The van der Waals surface area contributed by atoms with Gasteiger partial charge in [-0.05, 0) is 42.4 Å². The van der Waals surface area contributed by atoms with Crippen LogP contribution in [0.5, 0.6) is 11.5 Å². The first-order valence-electron chi connectivity index (χ1n) is 12.7. The number of hydrogen-bond donors (Lipinski definition) is 7. The van der Waals surface area contributed by atoms with Crippen LogP contribution in [0, 0.1) is 5.92 Å². The third-order valence-corrected chi connectivity index (χ3v) is 7.10. The van der Waals surface area contributed by atoms with Gasteiger partial charge in [0.05, 0.1) is 25.4 Å². The summed E-state index contributed by atoms with van der Waals surface area (Å²) in [6.07, 6.45) is -11.4. The van der Waals surface area contributed by atoms with E-state index in [2.05, 4.69) is 5.32 Å². The van der Waals surface area contributed by atoms with Gasteiger partial charge in [0.15, 0.2) is 6.29 Å². The van der Waals surface area contributed by atoms with Crippen LogP contribution in [0.4, 0.5) is 0 Å². The van der Waals surface area contributed by atoms with Gasteiger partial charge >= 0.3 is 0 Å². The summed E-state index contributed by atoms with van der Waals surface area (Å²) in [6.45, 7) is 1.31. The third kappa shape index (κ3) is 6.18. The molecule has 0 bridgehead atoms. The molecule has 7 N–H and O–H groups in total. The highest BCUT2D eigenvalue weighted by molar-refractivity contribution is 5.37. The summed E-state index contributed by atoms with van der Waals surface area (Å²) in [6, 6.07) is 14.5. The Morgan fingerprint density at radius 1 is 0.816 bits per heavy atom. The van der Waals surface area contributed by atoms with Gasteiger partial charge < -0.3 is 54.9 Å². The molecule has 11 heteroatoms. The molecular formula is C27H37NO10. The summed E-state index contributed by atoms with van der Waals surface area (Å²) in [4.78, 5) is 0. The monoisotopic (exact) mass is 535 g/mol. The third-order valence-electron chi connectivity index (χ3n) is 7.10. The number of nitrogens with one attached hydrogen (secondary N) is 1. The van der Waals surface area contributed by atoms with Gasteiger partial charge in [0.2, 0.25) is 0 Å². The van der Waals surface area contributed by atoms with E-state index in [1.54, 1.807) is 31.2 Å². The molecule has 38 heavy (non-hydrogen) atoms. The van der Waals surface area contributed by atoms with Gasteiger partial charge in [-0.1, -0.05) is 31.2 Å². The lowest BCUT2D eigenvalue weighted by Crippen LogP contribution is -2.61. The molecule has 2 aromatic carbocycles. The Morgan fingerprint density at radius 3 is 2.18 bits per heavy atom. The summed E-state index contributed by atoms with van der Waals surface area (Å²) < 4.78 is 23.3. The van der Waals surface area contributed by atoms with Crippen LogP contribution in [-0.4, -0.2) is 99.9 Å². The maximum absolute atomic E-state index is 11.2. The highest BCUT2D eigenvalue weighted by Crippen LogP contribution is 2.37. The summed E-state index contributed by atoms with van der Waals surface area (Å²) in [7, 11) is 1.86. The molecule has 210 valence electrons. The standard InChI is InChI=1S/C27H37NO10/c1-14-19(12-29)37-27(23(33)21(14)31)38-26-22(32)20(13-30)36-25(24(26)34)16-6-4-8-18(10-16)35-17-7-3-5-15(9-17)11-28-2/h3-10,14,19-34H,11-13H2,1-2H3. The minimum atomic E-state index is -1.49. The van der Waals surface area contributed by atoms with Crippen molar-refractivity contribution in [2.24, 2.45) is 5.92 Å². The fraction of sp³-hybridized carbons (Fsp3) is 0.556. The molecule has 2 fully saturated rings. The van der Waals surface area contributed by atoms with Crippen molar-refractivity contribution in [1.82, 2.24) is 5.32 Å². The van der Waals surface area contributed by atoms with Gasteiger partial charge in [-0.25, -0.2) is 0 Å². The van der Waals surface area contributed by atoms with E-state index in [1.165, 1.54) is 0 Å². The van der Waals surface area contributed by atoms with E-state index in [1.807, 2.05) is 31.3 Å². The number of ether oxygens (including phenoxy) is 4. The van der Waals surface area contributed by atoms with Crippen LogP contribution in [0.2, 0.25) is 0 Å². The van der Waals surface area contributed by atoms with Crippen LogP contribution >= 0.6 is 0 Å². The number of hydrogen-bond acceptors (Lipinski definition) is 11. The van der Waals surface area contributed by atoms with Crippen molar-refractivity contribution in [2.75, 3.05) is 20.3 Å². The van der Waals surface area contributed by atoms with Crippen molar-refractivity contribution in [3.63, 3.8) is 0 Å². The average Bonchev–Trinajstić information content (AvgIpc) is 2.91. The molecule has 2 aliphatic rings. The van der Waals surface area contributed by atoms with Crippen molar-refractivity contribution in [3.05, 3.63) is 59.7 Å². The van der Waals surface area contributed by atoms with E-state index in [4.69, 9.17) is 18.9 Å². The van der Waals surface area contributed by atoms with Crippen LogP contribution in [0.1, 0.15) is 24.2 Å². The van der Waals surface area contributed by atoms with Crippen LogP contribution in [0.25, 0.3) is 0 Å². The molecule has 10 atom stereocenters. The second-order valence-corrected chi connectivity index (χ2v) is 9.78. The Balaban J connectivity index is 1.54. The first-order chi connectivity index (χ1) is 18.3. The molecule has 2 saturated heterocycles. The van der Waals surface area contributed by atoms with Crippen LogP contribution in [-0.2, 0) is 20.8 Å². The smallest absolute Gasteiger partial charge is 0.187 e. The molecule has 0 saturated carbocycles. The predicted octanol–water partition coefficient (Wildman–Crippen LogP) is -0.187. The summed E-state index contributed by atoms with van der Waals surface area (Å²) in [5.74, 6) is 0.538. The first-order valence-corrected chi connectivity index (χ1v) is 12.7. The molecule has 2 aliphatic heterocycles. The zero-order chi connectivity index (χ0) is 27.4. The van der Waals surface area contributed by atoms with Crippen LogP contribution < -0.4 is 10.1 Å². The molecule has 0 radical (unpaired) electrons. The Morgan fingerprint density at radius 2 is 1.50 bits per heavy atom. The number of aliphatic hydroxyl groups excluding tert-OH is 6. The second-order valence-electron chi connectivity index (χ2n) is 9.78. The highest BCUT2D eigenvalue weighted by Gasteiger charge is 2.50. The Hall–Kier alpha value is -2.16. The zero-order valence-electron chi connectivity index (χ0n) is 21.3. The Bertz CT molecular complexity index is 1040. The largest absolute Gasteiger partial charge is 0.457 e. The Kier molecular flexibility index (Phi) is 9.71. The van der Waals surface area contributed by atoms with Crippen molar-refractivity contribution in [2.45, 2.75) is 68.6 Å². The molecular weight excluding hydrogens is 498 g/mol. The molecule has 0 aromatic heterocycles. The molecule has 0 amide bonds. The average molecular weight is 536 g/mol. The topological polar surface area (TPSA) is 170 Å². The lowest BCUT2D eigenvalue weighted by Gasteiger charge is -2.46. The van der Waals surface area contributed by atoms with Gasteiger partial charge in [0.25, 0.3) is 0 Å². The molecule has 10 unspecified atom stereocenters. The molecule has 4 rings (SSSR count). The van der Waals surface area contributed by atoms with Crippen LogP contribution in [0.3, 0.4) is 0 Å². The van der Waals surface area contributed by atoms with E-state index in [-0.39, 0.29) is 0 Å². The van der Waals surface area contributed by atoms with E-state index in [0.717, 1.165) is 5.56 Å². The lowest BCUT2D eigenvalue weighted by molar-refractivity contribution is -0.336. The van der Waals surface area contributed by atoms with Gasteiger partial charge in [0, 0.05) is 12.5 Å². The number of benzene rings is 2. The first kappa shape index (κ1) is 28.8. The normalized spacial score (nSPS) is 35.7. The van der Waals surface area contributed by atoms with Gasteiger partial charge in [-0.3, -0.25) is 0 Å². The van der Waals surface area contributed by atoms with E-state index >= 15 is 0 Å². The molecule has 0 aliphatic carbocycles. The number of aliphatic hydroxyl groups is 6. The summed E-state index contributed by atoms with van der Waals surface area (Å²) >= 11 is 0. The zero-order valence-corrected chi connectivity index (χ0v) is 21.3. The number of rotatable bonds is 9. The van der Waals surface area contributed by atoms with Crippen molar-refractivity contribution < 1.29 is 49.6 Å². The molecule has 11 nitrogen and oxygen atoms in total. The minimum absolute atomic E-state index is 0.420. The van der Waals surface area contributed by atoms with Crippen molar-refractivity contribution in [1.29, 1.82) is 0 Å². The molecule has 2 aromatic rings. The quantitative estimate of drug-likeness (QED) is 0.227. The molecule has 0 spiro atoms. The lowest BCUT2D eigenvalue weighted by atomic mass is 9.89.